The number of hydrogen-bond donors (Lipinski definition) is 1. The Morgan fingerprint density at radius 2 is 2.28 bits per heavy atom. The van der Waals surface area contributed by atoms with Crippen LogP contribution in [0.1, 0.15) is 25.1 Å². The molecule has 2 heterocycles. The Morgan fingerprint density at radius 3 is 2.89 bits per heavy atom. The van der Waals surface area contributed by atoms with Crippen molar-refractivity contribution in [2.45, 2.75) is 42.7 Å². The van der Waals surface area contributed by atoms with Gasteiger partial charge >= 0.3 is 0 Å². The zero-order valence-corrected chi connectivity index (χ0v) is 12.6. The van der Waals surface area contributed by atoms with Gasteiger partial charge in [0.15, 0.2) is 4.34 Å². The molecule has 0 spiro atoms. The summed E-state index contributed by atoms with van der Waals surface area (Å²) in [7, 11) is 1.97. The summed E-state index contributed by atoms with van der Waals surface area (Å²) in [6.07, 6.45) is 0. The highest BCUT2D eigenvalue weighted by Gasteiger charge is 2.15. The first-order valence-corrected chi connectivity index (χ1v) is 7.47. The molecule has 1 N–H and O–H groups in total. The van der Waals surface area contributed by atoms with E-state index in [0.29, 0.717) is 6.04 Å². The van der Waals surface area contributed by atoms with Gasteiger partial charge in [-0.05, 0) is 18.7 Å². The Morgan fingerprint density at radius 1 is 1.50 bits per heavy atom. The fraction of sp³-hybridized carbons (Fsp3) is 0.545. The Bertz CT molecular complexity index is 504. The van der Waals surface area contributed by atoms with Crippen LogP contribution in [0.15, 0.2) is 14.9 Å². The molecule has 98 valence electrons. The van der Waals surface area contributed by atoms with Crippen molar-refractivity contribution in [1.82, 2.24) is 25.3 Å². The van der Waals surface area contributed by atoms with Crippen molar-refractivity contribution in [3.8, 4) is 0 Å². The summed E-state index contributed by atoms with van der Waals surface area (Å²) in [6.45, 7) is 7.16. The second kappa shape index (κ2) is 5.81. The van der Waals surface area contributed by atoms with Gasteiger partial charge in [0, 0.05) is 25.2 Å². The number of rotatable bonds is 5. The van der Waals surface area contributed by atoms with Crippen LogP contribution in [-0.2, 0) is 13.6 Å². The zero-order chi connectivity index (χ0) is 13.1. The van der Waals surface area contributed by atoms with E-state index in [-0.39, 0.29) is 0 Å². The molecule has 0 unspecified atom stereocenters. The molecule has 0 atom stereocenters. The predicted octanol–water partition coefficient (Wildman–Crippen LogP) is 2.23. The molecule has 0 aromatic carbocycles. The number of nitrogens with zero attached hydrogens (tertiary/aromatic N) is 4. The average molecular weight is 283 g/mol. The van der Waals surface area contributed by atoms with Crippen LogP contribution in [0.4, 0.5) is 0 Å². The van der Waals surface area contributed by atoms with Crippen LogP contribution in [-0.4, -0.2) is 26.0 Å². The van der Waals surface area contributed by atoms with E-state index in [1.165, 1.54) is 5.56 Å². The molecule has 0 amide bonds. The monoisotopic (exact) mass is 283 g/mol. The fourth-order valence-corrected chi connectivity index (χ4v) is 3.21. The summed E-state index contributed by atoms with van der Waals surface area (Å²) in [4.78, 5) is 0. The molecule has 18 heavy (non-hydrogen) atoms. The Hall–Kier alpha value is -0.920. The van der Waals surface area contributed by atoms with Crippen molar-refractivity contribution in [3.63, 3.8) is 0 Å². The highest BCUT2D eigenvalue weighted by atomic mass is 32.2. The van der Waals surface area contributed by atoms with E-state index in [0.717, 1.165) is 21.6 Å². The SMILES string of the molecule is Cc1nn(C)c(Sc2nncs2)c1CNC(C)C. The van der Waals surface area contributed by atoms with Crippen molar-refractivity contribution in [3.05, 3.63) is 16.8 Å². The van der Waals surface area contributed by atoms with Gasteiger partial charge in [0.05, 0.1) is 5.69 Å². The quantitative estimate of drug-likeness (QED) is 0.912. The van der Waals surface area contributed by atoms with Crippen molar-refractivity contribution >= 4 is 23.1 Å². The van der Waals surface area contributed by atoms with Gasteiger partial charge in [-0.15, -0.1) is 10.2 Å². The molecule has 2 aromatic rings. The van der Waals surface area contributed by atoms with Crippen molar-refractivity contribution in [2.75, 3.05) is 0 Å². The van der Waals surface area contributed by atoms with Gasteiger partial charge in [-0.3, -0.25) is 4.68 Å². The zero-order valence-electron chi connectivity index (χ0n) is 11.0. The van der Waals surface area contributed by atoms with Crippen molar-refractivity contribution in [2.24, 2.45) is 7.05 Å². The predicted molar refractivity (Wildman–Crippen MR) is 74.0 cm³/mol. The van der Waals surface area contributed by atoms with Gasteiger partial charge in [0.1, 0.15) is 10.5 Å². The Kier molecular flexibility index (Phi) is 4.36. The molecule has 0 fully saturated rings. The normalized spacial score (nSPS) is 11.4. The molecule has 0 aliphatic heterocycles. The number of nitrogens with one attached hydrogen (secondary N) is 1. The van der Waals surface area contributed by atoms with E-state index in [1.807, 2.05) is 18.7 Å². The molecule has 0 saturated carbocycles. The summed E-state index contributed by atoms with van der Waals surface area (Å²) < 4.78 is 2.86. The highest BCUT2D eigenvalue weighted by molar-refractivity contribution is 8.01. The first-order chi connectivity index (χ1) is 8.58. The average Bonchev–Trinajstić information content (AvgIpc) is 2.87. The van der Waals surface area contributed by atoms with Gasteiger partial charge in [0.2, 0.25) is 0 Å². The van der Waals surface area contributed by atoms with Gasteiger partial charge in [-0.1, -0.05) is 25.2 Å². The van der Waals surface area contributed by atoms with Crippen LogP contribution < -0.4 is 5.32 Å². The third-order valence-electron chi connectivity index (χ3n) is 2.50. The molecule has 0 aliphatic rings. The second-order valence-electron chi connectivity index (χ2n) is 4.34. The van der Waals surface area contributed by atoms with Crippen LogP contribution in [0.3, 0.4) is 0 Å². The topological polar surface area (TPSA) is 55.6 Å². The molecule has 2 rings (SSSR count). The molecule has 0 aliphatic carbocycles. The minimum Gasteiger partial charge on any atom is -0.310 e. The standard InChI is InChI=1S/C11H17N5S2/c1-7(2)12-5-9-8(3)15-16(4)10(9)18-11-14-13-6-17-11/h6-7,12H,5H2,1-4H3. The van der Waals surface area contributed by atoms with E-state index in [4.69, 9.17) is 0 Å². The second-order valence-corrected chi connectivity index (χ2v) is 6.40. The van der Waals surface area contributed by atoms with E-state index >= 15 is 0 Å². The maximum atomic E-state index is 4.48. The van der Waals surface area contributed by atoms with Crippen molar-refractivity contribution < 1.29 is 0 Å². The molecular weight excluding hydrogens is 266 g/mol. The Balaban J connectivity index is 2.22. The van der Waals surface area contributed by atoms with Gasteiger partial charge < -0.3 is 5.32 Å². The largest absolute Gasteiger partial charge is 0.310 e. The lowest BCUT2D eigenvalue weighted by Crippen LogP contribution is -2.22. The first-order valence-electron chi connectivity index (χ1n) is 5.77. The van der Waals surface area contributed by atoms with Gasteiger partial charge in [0.25, 0.3) is 0 Å². The maximum absolute atomic E-state index is 4.48. The number of hydrogen-bond acceptors (Lipinski definition) is 6. The summed E-state index contributed by atoms with van der Waals surface area (Å²) in [5.74, 6) is 0. The molecule has 7 heteroatoms. The summed E-state index contributed by atoms with van der Waals surface area (Å²) in [5, 5.41) is 17.0. The minimum atomic E-state index is 0.462. The molecule has 0 saturated heterocycles. The molecule has 2 aromatic heterocycles. The number of aromatic nitrogens is 4. The summed E-state index contributed by atoms with van der Waals surface area (Å²) in [6, 6.07) is 0.462. The van der Waals surface area contributed by atoms with Crippen molar-refractivity contribution in [1.29, 1.82) is 0 Å². The highest BCUT2D eigenvalue weighted by Crippen LogP contribution is 2.32. The minimum absolute atomic E-state index is 0.462. The lowest BCUT2D eigenvalue weighted by Gasteiger charge is -2.09. The van der Waals surface area contributed by atoms with E-state index in [1.54, 1.807) is 28.6 Å². The molecule has 0 bridgehead atoms. The molecule has 5 nitrogen and oxygen atoms in total. The summed E-state index contributed by atoms with van der Waals surface area (Å²) in [5.41, 5.74) is 4.06. The van der Waals surface area contributed by atoms with Crippen LogP contribution in [0.2, 0.25) is 0 Å². The van der Waals surface area contributed by atoms with Gasteiger partial charge in [-0.2, -0.15) is 5.10 Å². The first kappa shape index (κ1) is 13.5. The fourth-order valence-electron chi connectivity index (χ4n) is 1.61. The van der Waals surface area contributed by atoms with Crippen LogP contribution in [0.25, 0.3) is 0 Å². The van der Waals surface area contributed by atoms with Crippen LogP contribution >= 0.6 is 23.1 Å². The third-order valence-corrected chi connectivity index (χ3v) is 4.48. The number of aryl methyl sites for hydroxylation is 2. The van der Waals surface area contributed by atoms with Crippen LogP contribution in [0.5, 0.6) is 0 Å². The van der Waals surface area contributed by atoms with E-state index in [2.05, 4.69) is 34.5 Å². The van der Waals surface area contributed by atoms with Gasteiger partial charge in [-0.25, -0.2) is 0 Å². The molecular formula is C11H17N5S2. The third kappa shape index (κ3) is 3.09. The smallest absolute Gasteiger partial charge is 0.180 e. The summed E-state index contributed by atoms with van der Waals surface area (Å²) >= 11 is 3.17. The molecule has 0 radical (unpaired) electrons. The maximum Gasteiger partial charge on any atom is 0.180 e. The lowest BCUT2D eigenvalue weighted by molar-refractivity contribution is 0.580. The Labute approximate surface area is 115 Å². The lowest BCUT2D eigenvalue weighted by atomic mass is 10.2. The van der Waals surface area contributed by atoms with E-state index in [9.17, 15) is 0 Å². The van der Waals surface area contributed by atoms with E-state index < -0.39 is 0 Å². The van der Waals surface area contributed by atoms with Crippen LogP contribution in [0, 0.1) is 6.92 Å².